The summed E-state index contributed by atoms with van der Waals surface area (Å²) in [5.74, 6) is 0.766. The zero-order valence-corrected chi connectivity index (χ0v) is 17.5. The molecule has 2 heterocycles. The molecular formula is C24H29N3O3. The van der Waals surface area contributed by atoms with E-state index in [0.717, 1.165) is 38.4 Å². The molecule has 1 unspecified atom stereocenters. The fraction of sp³-hybridized carbons (Fsp3) is 0.417. The number of piperazine rings is 1. The summed E-state index contributed by atoms with van der Waals surface area (Å²) in [5, 5.41) is 0. The molecule has 0 aromatic heterocycles. The van der Waals surface area contributed by atoms with Crippen molar-refractivity contribution >= 4 is 17.5 Å². The maximum atomic E-state index is 12.8. The van der Waals surface area contributed by atoms with E-state index in [2.05, 4.69) is 29.2 Å². The number of nitrogens with zero attached hydrogens (tertiary/aromatic N) is 3. The van der Waals surface area contributed by atoms with Crippen molar-refractivity contribution < 1.29 is 14.3 Å². The molecule has 0 N–H and O–H groups in total. The molecular weight excluding hydrogens is 378 g/mol. The average molecular weight is 408 g/mol. The van der Waals surface area contributed by atoms with Gasteiger partial charge in [-0.25, -0.2) is 0 Å². The number of rotatable bonds is 6. The van der Waals surface area contributed by atoms with Crippen LogP contribution in [0.25, 0.3) is 0 Å². The van der Waals surface area contributed by atoms with Crippen LogP contribution in [0.4, 0.5) is 5.69 Å². The van der Waals surface area contributed by atoms with E-state index in [-0.39, 0.29) is 11.8 Å². The standard InChI is InChI=1S/C24H29N3O3/c1-2-21-24(29)27(20-10-6-7-11-22(20)30-21)13-12-23(28)26-16-14-25(15-17-26)18-19-8-4-3-5-9-19/h3-11,21H,2,12-18H2,1H3. The van der Waals surface area contributed by atoms with E-state index < -0.39 is 6.10 Å². The topological polar surface area (TPSA) is 53.1 Å². The van der Waals surface area contributed by atoms with Crippen molar-refractivity contribution in [2.24, 2.45) is 0 Å². The number of carbonyl (C=O) groups excluding carboxylic acids is 2. The molecule has 0 spiro atoms. The number of para-hydroxylation sites is 2. The first kappa shape index (κ1) is 20.4. The van der Waals surface area contributed by atoms with Crippen molar-refractivity contribution in [2.75, 3.05) is 37.6 Å². The lowest BCUT2D eigenvalue weighted by atomic mass is 10.1. The quantitative estimate of drug-likeness (QED) is 0.739. The summed E-state index contributed by atoms with van der Waals surface area (Å²) >= 11 is 0. The van der Waals surface area contributed by atoms with Gasteiger partial charge in [0.05, 0.1) is 5.69 Å². The van der Waals surface area contributed by atoms with Crippen LogP contribution in [-0.4, -0.2) is 60.4 Å². The minimum Gasteiger partial charge on any atom is -0.478 e. The first-order valence-electron chi connectivity index (χ1n) is 10.8. The maximum absolute atomic E-state index is 12.8. The van der Waals surface area contributed by atoms with E-state index >= 15 is 0 Å². The van der Waals surface area contributed by atoms with E-state index in [1.165, 1.54) is 5.56 Å². The van der Waals surface area contributed by atoms with Gasteiger partial charge in [-0.05, 0) is 24.1 Å². The van der Waals surface area contributed by atoms with Crippen LogP contribution in [0.15, 0.2) is 54.6 Å². The second-order valence-corrected chi connectivity index (χ2v) is 7.86. The van der Waals surface area contributed by atoms with Crippen molar-refractivity contribution in [3.63, 3.8) is 0 Å². The smallest absolute Gasteiger partial charge is 0.268 e. The highest BCUT2D eigenvalue weighted by Gasteiger charge is 2.33. The molecule has 0 bridgehead atoms. The summed E-state index contributed by atoms with van der Waals surface area (Å²) in [7, 11) is 0. The molecule has 1 saturated heterocycles. The monoisotopic (exact) mass is 407 g/mol. The van der Waals surface area contributed by atoms with Gasteiger partial charge in [0, 0.05) is 45.7 Å². The van der Waals surface area contributed by atoms with Crippen LogP contribution in [0.3, 0.4) is 0 Å². The Morgan fingerprint density at radius 1 is 1.00 bits per heavy atom. The molecule has 6 nitrogen and oxygen atoms in total. The molecule has 2 aromatic carbocycles. The molecule has 2 aliphatic heterocycles. The second kappa shape index (κ2) is 9.30. The SMILES string of the molecule is CCC1Oc2ccccc2N(CCC(=O)N2CCN(Cc3ccccc3)CC2)C1=O. The normalized spacial score (nSPS) is 19.4. The number of hydrogen-bond donors (Lipinski definition) is 0. The Balaban J connectivity index is 1.31. The third kappa shape index (κ3) is 4.49. The molecule has 1 fully saturated rings. The van der Waals surface area contributed by atoms with Crippen molar-refractivity contribution in [1.29, 1.82) is 0 Å². The van der Waals surface area contributed by atoms with Gasteiger partial charge in [-0.15, -0.1) is 0 Å². The maximum Gasteiger partial charge on any atom is 0.268 e. The van der Waals surface area contributed by atoms with Crippen LogP contribution < -0.4 is 9.64 Å². The van der Waals surface area contributed by atoms with Crippen molar-refractivity contribution in [1.82, 2.24) is 9.80 Å². The molecule has 158 valence electrons. The van der Waals surface area contributed by atoms with Gasteiger partial charge in [0.25, 0.3) is 5.91 Å². The first-order chi connectivity index (χ1) is 14.7. The van der Waals surface area contributed by atoms with Gasteiger partial charge < -0.3 is 14.5 Å². The van der Waals surface area contributed by atoms with Gasteiger partial charge in [-0.3, -0.25) is 14.5 Å². The van der Waals surface area contributed by atoms with Crippen molar-refractivity contribution in [3.8, 4) is 5.75 Å². The fourth-order valence-corrected chi connectivity index (χ4v) is 4.13. The molecule has 1 atom stereocenters. The Bertz CT molecular complexity index is 878. The number of ether oxygens (including phenoxy) is 1. The highest BCUT2D eigenvalue weighted by Crippen LogP contribution is 2.34. The minimum atomic E-state index is -0.475. The lowest BCUT2D eigenvalue weighted by Gasteiger charge is -2.36. The molecule has 6 heteroatoms. The van der Waals surface area contributed by atoms with E-state index in [9.17, 15) is 9.59 Å². The van der Waals surface area contributed by atoms with Gasteiger partial charge in [0.2, 0.25) is 5.91 Å². The highest BCUT2D eigenvalue weighted by molar-refractivity contribution is 6.00. The number of carbonyl (C=O) groups is 2. The molecule has 2 aromatic rings. The van der Waals surface area contributed by atoms with Crippen LogP contribution in [0, 0.1) is 0 Å². The molecule has 30 heavy (non-hydrogen) atoms. The Labute approximate surface area is 178 Å². The van der Waals surface area contributed by atoms with Crippen molar-refractivity contribution in [3.05, 3.63) is 60.2 Å². The van der Waals surface area contributed by atoms with E-state index in [1.807, 2.05) is 42.2 Å². The number of benzene rings is 2. The number of hydrogen-bond acceptors (Lipinski definition) is 4. The fourth-order valence-electron chi connectivity index (χ4n) is 4.13. The Kier molecular flexibility index (Phi) is 6.33. The summed E-state index contributed by atoms with van der Waals surface area (Å²) in [6.45, 7) is 6.46. The van der Waals surface area contributed by atoms with Gasteiger partial charge in [-0.2, -0.15) is 0 Å². The predicted molar refractivity (Wildman–Crippen MR) is 116 cm³/mol. The van der Waals surface area contributed by atoms with Gasteiger partial charge in [0.15, 0.2) is 6.10 Å². The molecule has 2 aliphatic rings. The molecule has 0 aliphatic carbocycles. The molecule has 4 rings (SSSR count). The molecule has 0 radical (unpaired) electrons. The minimum absolute atomic E-state index is 0.0586. The van der Waals surface area contributed by atoms with E-state index in [0.29, 0.717) is 25.1 Å². The van der Waals surface area contributed by atoms with Crippen LogP contribution >= 0.6 is 0 Å². The predicted octanol–water partition coefficient (Wildman–Crippen LogP) is 2.93. The lowest BCUT2D eigenvalue weighted by Crippen LogP contribution is -2.50. The number of amides is 2. The van der Waals surface area contributed by atoms with Crippen LogP contribution in [0.2, 0.25) is 0 Å². The average Bonchev–Trinajstić information content (AvgIpc) is 2.79. The third-order valence-corrected chi connectivity index (χ3v) is 5.86. The second-order valence-electron chi connectivity index (χ2n) is 7.86. The van der Waals surface area contributed by atoms with Crippen LogP contribution in [0.5, 0.6) is 5.75 Å². The zero-order chi connectivity index (χ0) is 20.9. The number of anilines is 1. The van der Waals surface area contributed by atoms with Gasteiger partial charge in [-0.1, -0.05) is 49.4 Å². The summed E-state index contributed by atoms with van der Waals surface area (Å²) in [5.41, 5.74) is 2.06. The van der Waals surface area contributed by atoms with E-state index in [4.69, 9.17) is 4.74 Å². The number of fused-ring (bicyclic) bond motifs is 1. The summed E-state index contributed by atoms with van der Waals surface area (Å²) in [4.78, 5) is 31.6. The van der Waals surface area contributed by atoms with Crippen LogP contribution in [-0.2, 0) is 16.1 Å². The van der Waals surface area contributed by atoms with Crippen LogP contribution in [0.1, 0.15) is 25.3 Å². The Morgan fingerprint density at radius 3 is 2.43 bits per heavy atom. The zero-order valence-electron chi connectivity index (χ0n) is 17.5. The van der Waals surface area contributed by atoms with Gasteiger partial charge >= 0.3 is 0 Å². The summed E-state index contributed by atoms with van der Waals surface area (Å²) in [6.07, 6.45) is 0.465. The third-order valence-electron chi connectivity index (χ3n) is 5.86. The summed E-state index contributed by atoms with van der Waals surface area (Å²) in [6, 6.07) is 18.0. The Hall–Kier alpha value is -2.86. The molecule has 2 amide bonds. The highest BCUT2D eigenvalue weighted by atomic mass is 16.5. The summed E-state index contributed by atoms with van der Waals surface area (Å²) < 4.78 is 5.82. The van der Waals surface area contributed by atoms with Gasteiger partial charge in [0.1, 0.15) is 5.75 Å². The first-order valence-corrected chi connectivity index (χ1v) is 10.8. The Morgan fingerprint density at radius 2 is 1.70 bits per heavy atom. The van der Waals surface area contributed by atoms with Crippen molar-refractivity contribution in [2.45, 2.75) is 32.4 Å². The molecule has 0 saturated carbocycles. The largest absolute Gasteiger partial charge is 0.478 e. The lowest BCUT2D eigenvalue weighted by molar-refractivity contribution is -0.133. The van der Waals surface area contributed by atoms with E-state index in [1.54, 1.807) is 4.90 Å².